The lowest BCUT2D eigenvalue weighted by molar-refractivity contribution is 0.224. The van der Waals surface area contributed by atoms with E-state index in [0.717, 1.165) is 21.2 Å². The van der Waals surface area contributed by atoms with E-state index in [1.165, 1.54) is 0 Å². The van der Waals surface area contributed by atoms with Crippen molar-refractivity contribution in [1.82, 2.24) is 4.90 Å². The number of rotatable bonds is 1. The molecular formula is C13H14BrN3O. The van der Waals surface area contributed by atoms with Gasteiger partial charge in [0, 0.05) is 16.9 Å². The molecule has 0 amide bonds. The van der Waals surface area contributed by atoms with Crippen LogP contribution in [0.1, 0.15) is 12.7 Å². The molecule has 2 aromatic rings. The summed E-state index contributed by atoms with van der Waals surface area (Å²) in [6.45, 7) is 2.71. The quantitative estimate of drug-likeness (QED) is 0.881. The lowest BCUT2D eigenvalue weighted by Crippen LogP contribution is -2.44. The first-order chi connectivity index (χ1) is 8.50. The number of likely N-dealkylation sites (N-methyl/N-ethyl adjacent to an activating group) is 1. The van der Waals surface area contributed by atoms with Crippen LogP contribution in [0.15, 0.2) is 38.1 Å². The number of halogens is 1. The molecule has 3 rings (SSSR count). The first-order valence-corrected chi connectivity index (χ1v) is 6.53. The molecule has 2 N–H and O–H groups in total. The van der Waals surface area contributed by atoms with Crippen molar-refractivity contribution < 1.29 is 4.42 Å². The number of fused-ring (bicyclic) bond motifs is 1. The Morgan fingerprint density at radius 2 is 2.22 bits per heavy atom. The largest absolute Gasteiger partial charge is 0.458 e. The van der Waals surface area contributed by atoms with E-state index < -0.39 is 0 Å². The van der Waals surface area contributed by atoms with Gasteiger partial charge in [0.25, 0.3) is 0 Å². The van der Waals surface area contributed by atoms with Crippen LogP contribution < -0.4 is 5.73 Å². The van der Waals surface area contributed by atoms with Crippen molar-refractivity contribution in [1.29, 1.82) is 0 Å². The molecule has 1 atom stereocenters. The average Bonchev–Trinajstić information content (AvgIpc) is 2.87. The summed E-state index contributed by atoms with van der Waals surface area (Å²) < 4.78 is 6.98. The number of nitrogens with zero attached hydrogens (tertiary/aromatic N) is 2. The normalized spacial score (nSPS) is 23.7. The van der Waals surface area contributed by atoms with Gasteiger partial charge in [-0.15, -0.1) is 0 Å². The minimum absolute atomic E-state index is 0.296. The summed E-state index contributed by atoms with van der Waals surface area (Å²) in [4.78, 5) is 6.24. The molecule has 1 aliphatic heterocycles. The monoisotopic (exact) mass is 307 g/mol. The van der Waals surface area contributed by atoms with Crippen molar-refractivity contribution in [3.63, 3.8) is 0 Å². The Labute approximate surface area is 114 Å². The Hall–Kier alpha value is -1.49. The molecule has 0 spiro atoms. The Balaban J connectivity index is 2.10. The van der Waals surface area contributed by atoms with Crippen molar-refractivity contribution >= 4 is 32.9 Å². The molecule has 18 heavy (non-hydrogen) atoms. The minimum atomic E-state index is -0.296. The van der Waals surface area contributed by atoms with E-state index in [-0.39, 0.29) is 5.54 Å². The van der Waals surface area contributed by atoms with Crippen LogP contribution in [0.3, 0.4) is 0 Å². The third kappa shape index (κ3) is 1.54. The Morgan fingerprint density at radius 1 is 1.44 bits per heavy atom. The molecule has 2 heterocycles. The van der Waals surface area contributed by atoms with Crippen molar-refractivity contribution in [2.75, 3.05) is 13.6 Å². The number of hydrogen-bond donors (Lipinski definition) is 1. The van der Waals surface area contributed by atoms with Crippen LogP contribution >= 0.6 is 15.9 Å². The van der Waals surface area contributed by atoms with Crippen molar-refractivity contribution in [2.45, 2.75) is 12.5 Å². The molecule has 1 aromatic carbocycles. The highest BCUT2D eigenvalue weighted by atomic mass is 79.9. The lowest BCUT2D eigenvalue weighted by Gasteiger charge is -2.30. The number of aliphatic imine (C=N–C) groups is 1. The third-order valence-corrected chi connectivity index (χ3v) is 4.14. The van der Waals surface area contributed by atoms with Gasteiger partial charge in [-0.1, -0.05) is 15.9 Å². The molecule has 0 saturated carbocycles. The summed E-state index contributed by atoms with van der Waals surface area (Å²) in [5.41, 5.74) is 6.42. The van der Waals surface area contributed by atoms with E-state index in [1.54, 1.807) is 0 Å². The maximum Gasteiger partial charge on any atom is 0.191 e. The van der Waals surface area contributed by atoms with Crippen molar-refractivity contribution in [3.05, 3.63) is 34.5 Å². The Kier molecular flexibility index (Phi) is 2.41. The summed E-state index contributed by atoms with van der Waals surface area (Å²) in [6.07, 6.45) is 0. The SMILES string of the molecule is CN1C(N)=NCC1(C)c1cc2cc(Br)ccc2o1. The molecule has 1 aromatic heterocycles. The van der Waals surface area contributed by atoms with E-state index in [1.807, 2.05) is 30.1 Å². The standard InChI is InChI=1S/C13H14BrN3O/c1-13(7-16-12(15)17(13)2)11-6-8-5-9(14)3-4-10(8)18-11/h3-6H,7H2,1-2H3,(H2,15,16). The van der Waals surface area contributed by atoms with Gasteiger partial charge in [0.15, 0.2) is 5.96 Å². The zero-order valence-corrected chi connectivity index (χ0v) is 11.9. The van der Waals surface area contributed by atoms with Crippen LogP contribution in [-0.4, -0.2) is 24.5 Å². The average molecular weight is 308 g/mol. The first kappa shape index (κ1) is 11.6. The highest BCUT2D eigenvalue weighted by molar-refractivity contribution is 9.10. The topological polar surface area (TPSA) is 54.8 Å². The Bertz CT molecular complexity index is 649. The summed E-state index contributed by atoms with van der Waals surface area (Å²) in [6, 6.07) is 8.04. The predicted molar refractivity (Wildman–Crippen MR) is 75.5 cm³/mol. The molecule has 0 aliphatic carbocycles. The summed E-state index contributed by atoms with van der Waals surface area (Å²) >= 11 is 3.47. The van der Waals surface area contributed by atoms with Gasteiger partial charge in [0.2, 0.25) is 0 Å². The molecule has 94 valence electrons. The van der Waals surface area contributed by atoms with Gasteiger partial charge in [0.05, 0.1) is 6.54 Å². The van der Waals surface area contributed by atoms with Crippen LogP contribution in [-0.2, 0) is 5.54 Å². The summed E-state index contributed by atoms with van der Waals surface area (Å²) in [7, 11) is 1.94. The second kappa shape index (κ2) is 3.75. The molecule has 0 saturated heterocycles. The fourth-order valence-electron chi connectivity index (χ4n) is 2.22. The smallest absolute Gasteiger partial charge is 0.191 e. The van der Waals surface area contributed by atoms with Gasteiger partial charge in [-0.3, -0.25) is 4.99 Å². The fourth-order valence-corrected chi connectivity index (χ4v) is 2.60. The Morgan fingerprint density at radius 3 is 2.89 bits per heavy atom. The number of benzene rings is 1. The molecule has 1 aliphatic rings. The van der Waals surface area contributed by atoms with E-state index in [4.69, 9.17) is 10.2 Å². The lowest BCUT2D eigenvalue weighted by atomic mass is 9.98. The molecule has 0 fully saturated rings. The van der Waals surface area contributed by atoms with Crippen LogP contribution in [0.2, 0.25) is 0 Å². The molecule has 0 bridgehead atoms. The highest BCUT2D eigenvalue weighted by Crippen LogP contribution is 2.35. The van der Waals surface area contributed by atoms with Gasteiger partial charge < -0.3 is 15.1 Å². The van der Waals surface area contributed by atoms with E-state index in [0.29, 0.717) is 12.5 Å². The molecular weight excluding hydrogens is 294 g/mol. The first-order valence-electron chi connectivity index (χ1n) is 5.74. The summed E-state index contributed by atoms with van der Waals surface area (Å²) in [5.74, 6) is 1.45. The van der Waals surface area contributed by atoms with Crippen molar-refractivity contribution in [3.8, 4) is 0 Å². The zero-order chi connectivity index (χ0) is 12.9. The van der Waals surface area contributed by atoms with Gasteiger partial charge in [-0.05, 0) is 31.2 Å². The van der Waals surface area contributed by atoms with Crippen LogP contribution in [0.4, 0.5) is 0 Å². The number of furan rings is 1. The van der Waals surface area contributed by atoms with Gasteiger partial charge >= 0.3 is 0 Å². The maximum atomic E-state index is 5.94. The van der Waals surface area contributed by atoms with Gasteiger partial charge in [0.1, 0.15) is 16.9 Å². The fraction of sp³-hybridized carbons (Fsp3) is 0.308. The van der Waals surface area contributed by atoms with Crippen LogP contribution in [0.5, 0.6) is 0 Å². The summed E-state index contributed by atoms with van der Waals surface area (Å²) in [5, 5.41) is 1.08. The molecule has 1 unspecified atom stereocenters. The predicted octanol–water partition coefficient (Wildman–Crippen LogP) is 2.67. The minimum Gasteiger partial charge on any atom is -0.458 e. The third-order valence-electron chi connectivity index (χ3n) is 3.64. The zero-order valence-electron chi connectivity index (χ0n) is 10.3. The molecule has 4 nitrogen and oxygen atoms in total. The number of guanidine groups is 1. The van der Waals surface area contributed by atoms with Crippen molar-refractivity contribution in [2.24, 2.45) is 10.7 Å². The van der Waals surface area contributed by atoms with Gasteiger partial charge in [-0.25, -0.2) is 0 Å². The highest BCUT2D eigenvalue weighted by Gasteiger charge is 2.40. The van der Waals surface area contributed by atoms with Crippen LogP contribution in [0, 0.1) is 0 Å². The number of hydrogen-bond acceptors (Lipinski definition) is 4. The van der Waals surface area contributed by atoms with E-state index >= 15 is 0 Å². The number of nitrogens with two attached hydrogens (primary N) is 1. The second-order valence-electron chi connectivity index (χ2n) is 4.80. The van der Waals surface area contributed by atoms with E-state index in [9.17, 15) is 0 Å². The molecule has 0 radical (unpaired) electrons. The molecule has 5 heteroatoms. The second-order valence-corrected chi connectivity index (χ2v) is 5.72. The van der Waals surface area contributed by atoms with Crippen LogP contribution in [0.25, 0.3) is 11.0 Å². The maximum absolute atomic E-state index is 5.94. The van der Waals surface area contributed by atoms with Gasteiger partial charge in [-0.2, -0.15) is 0 Å². The van der Waals surface area contributed by atoms with E-state index in [2.05, 4.69) is 33.9 Å².